The van der Waals surface area contributed by atoms with E-state index in [2.05, 4.69) is 20.5 Å². The zero-order valence-corrected chi connectivity index (χ0v) is 13.9. The van der Waals surface area contributed by atoms with Gasteiger partial charge in [0.1, 0.15) is 4.88 Å². The average molecular weight is 331 g/mol. The first-order valence-corrected chi connectivity index (χ1v) is 8.12. The fourth-order valence-electron chi connectivity index (χ4n) is 2.25. The normalized spacial score (nSPS) is 12.3. The third-order valence-electron chi connectivity index (χ3n) is 3.32. The maximum absolute atomic E-state index is 11.9. The molecule has 0 unspecified atom stereocenters. The highest BCUT2D eigenvalue weighted by atomic mass is 32.1. The quantitative estimate of drug-likeness (QED) is 0.724. The van der Waals surface area contributed by atoms with Crippen molar-refractivity contribution in [3.8, 4) is 0 Å². The van der Waals surface area contributed by atoms with Crippen molar-refractivity contribution in [2.45, 2.75) is 26.8 Å². The molecule has 0 bridgehead atoms. The van der Waals surface area contributed by atoms with Gasteiger partial charge in [-0.3, -0.25) is 4.40 Å². The van der Waals surface area contributed by atoms with Gasteiger partial charge in [-0.2, -0.15) is 0 Å². The van der Waals surface area contributed by atoms with Crippen molar-refractivity contribution in [3.05, 3.63) is 40.8 Å². The summed E-state index contributed by atoms with van der Waals surface area (Å²) in [7, 11) is 0. The van der Waals surface area contributed by atoms with Crippen molar-refractivity contribution in [2.75, 3.05) is 11.9 Å². The number of carbonyl (C=O) groups is 1. The van der Waals surface area contributed by atoms with E-state index in [9.17, 15) is 4.79 Å². The Morgan fingerprint density at radius 3 is 3.04 bits per heavy atom. The largest absolute Gasteiger partial charge is 0.462 e. The number of nitrogens with one attached hydrogen (secondary N) is 1. The van der Waals surface area contributed by atoms with Crippen molar-refractivity contribution in [2.24, 2.45) is 0 Å². The molecular weight excluding hydrogens is 314 g/mol. The molecule has 3 heterocycles. The lowest BCUT2D eigenvalue weighted by molar-refractivity contribution is 0.0531. The second kappa shape index (κ2) is 6.33. The summed E-state index contributed by atoms with van der Waals surface area (Å²) in [6.45, 7) is 5.91. The van der Waals surface area contributed by atoms with E-state index in [1.165, 1.54) is 11.3 Å². The summed E-state index contributed by atoms with van der Waals surface area (Å²) < 4.78 is 6.96. The molecule has 0 aliphatic heterocycles. The molecule has 0 amide bonds. The van der Waals surface area contributed by atoms with E-state index >= 15 is 0 Å². The zero-order chi connectivity index (χ0) is 16.4. The van der Waals surface area contributed by atoms with Crippen LogP contribution in [0.25, 0.3) is 5.65 Å². The van der Waals surface area contributed by atoms with Crippen molar-refractivity contribution in [3.63, 3.8) is 0 Å². The zero-order valence-electron chi connectivity index (χ0n) is 13.1. The van der Waals surface area contributed by atoms with Crippen LogP contribution in [0.3, 0.4) is 0 Å². The highest BCUT2D eigenvalue weighted by Gasteiger charge is 2.19. The molecule has 3 rings (SSSR count). The first-order chi connectivity index (χ1) is 11.1. The molecule has 120 valence electrons. The number of esters is 1. The number of hydrogen-bond donors (Lipinski definition) is 1. The summed E-state index contributed by atoms with van der Waals surface area (Å²) >= 11 is 1.28. The third-order valence-corrected chi connectivity index (χ3v) is 4.39. The minimum absolute atomic E-state index is 0.104. The molecule has 0 spiro atoms. The van der Waals surface area contributed by atoms with E-state index in [0.29, 0.717) is 22.3 Å². The van der Waals surface area contributed by atoms with E-state index in [1.807, 2.05) is 35.7 Å². The Bertz CT molecular complexity index is 841. The molecule has 0 aliphatic carbocycles. The summed E-state index contributed by atoms with van der Waals surface area (Å²) in [6, 6.07) is 5.64. The lowest BCUT2D eigenvalue weighted by Gasteiger charge is -2.10. The van der Waals surface area contributed by atoms with Crippen LogP contribution in [0.2, 0.25) is 0 Å². The maximum Gasteiger partial charge on any atom is 0.350 e. The molecule has 3 aromatic heterocycles. The van der Waals surface area contributed by atoms with Crippen LogP contribution in [0, 0.1) is 6.92 Å². The van der Waals surface area contributed by atoms with Crippen LogP contribution < -0.4 is 5.32 Å². The van der Waals surface area contributed by atoms with Crippen LogP contribution in [-0.2, 0) is 4.74 Å². The molecule has 1 atom stereocenters. The number of rotatable bonds is 5. The SMILES string of the molecule is CCOC(=O)c1sc(N[C@H](C)c2nnc3ccccn23)nc1C. The van der Waals surface area contributed by atoms with Crippen molar-refractivity contribution >= 4 is 28.1 Å². The molecular formula is C15H17N5O2S. The topological polar surface area (TPSA) is 81.4 Å². The Morgan fingerprint density at radius 2 is 2.26 bits per heavy atom. The number of anilines is 1. The number of fused-ring (bicyclic) bond motifs is 1. The van der Waals surface area contributed by atoms with Crippen LogP contribution in [0.15, 0.2) is 24.4 Å². The Balaban J connectivity index is 1.82. The number of carbonyl (C=O) groups excluding carboxylic acids is 1. The van der Waals surface area contributed by atoms with E-state index in [-0.39, 0.29) is 12.0 Å². The molecule has 0 radical (unpaired) electrons. The summed E-state index contributed by atoms with van der Waals surface area (Å²) in [5.74, 6) is 0.447. The van der Waals surface area contributed by atoms with Gasteiger partial charge in [0.25, 0.3) is 0 Å². The van der Waals surface area contributed by atoms with Crippen LogP contribution in [0.5, 0.6) is 0 Å². The van der Waals surface area contributed by atoms with Gasteiger partial charge in [0.05, 0.1) is 18.3 Å². The second-order valence-corrected chi connectivity index (χ2v) is 6.01. The van der Waals surface area contributed by atoms with Gasteiger partial charge in [-0.1, -0.05) is 17.4 Å². The number of ether oxygens (including phenoxy) is 1. The average Bonchev–Trinajstić information content (AvgIpc) is 3.11. The smallest absolute Gasteiger partial charge is 0.350 e. The highest BCUT2D eigenvalue weighted by molar-refractivity contribution is 7.17. The molecule has 0 aromatic carbocycles. The molecule has 0 aliphatic rings. The van der Waals surface area contributed by atoms with Crippen LogP contribution in [-0.4, -0.2) is 32.2 Å². The Labute approximate surface area is 137 Å². The van der Waals surface area contributed by atoms with Gasteiger partial charge in [-0.15, -0.1) is 10.2 Å². The predicted octanol–water partition coefficient (Wildman–Crippen LogP) is 2.84. The van der Waals surface area contributed by atoms with Crippen molar-refractivity contribution in [1.82, 2.24) is 19.6 Å². The maximum atomic E-state index is 11.9. The molecule has 0 fully saturated rings. The Kier molecular flexibility index (Phi) is 4.24. The fraction of sp³-hybridized carbons (Fsp3) is 0.333. The van der Waals surface area contributed by atoms with E-state index in [0.717, 1.165) is 11.5 Å². The predicted molar refractivity (Wildman–Crippen MR) is 87.8 cm³/mol. The third kappa shape index (κ3) is 3.02. The van der Waals surface area contributed by atoms with Gasteiger partial charge in [-0.05, 0) is 32.9 Å². The van der Waals surface area contributed by atoms with E-state index in [4.69, 9.17) is 4.74 Å². The fourth-order valence-corrected chi connectivity index (χ4v) is 3.20. The summed E-state index contributed by atoms with van der Waals surface area (Å²) in [6.07, 6.45) is 1.92. The van der Waals surface area contributed by atoms with Gasteiger partial charge in [0.15, 0.2) is 16.6 Å². The van der Waals surface area contributed by atoms with Crippen LogP contribution in [0.1, 0.15) is 41.1 Å². The summed E-state index contributed by atoms with van der Waals surface area (Å²) in [4.78, 5) is 16.8. The first kappa shape index (κ1) is 15.4. The number of nitrogens with zero attached hydrogens (tertiary/aromatic N) is 4. The lowest BCUT2D eigenvalue weighted by Crippen LogP contribution is -2.10. The Hall–Kier alpha value is -2.48. The van der Waals surface area contributed by atoms with Gasteiger partial charge in [-0.25, -0.2) is 9.78 Å². The van der Waals surface area contributed by atoms with Crippen LogP contribution >= 0.6 is 11.3 Å². The minimum atomic E-state index is -0.337. The van der Waals surface area contributed by atoms with Gasteiger partial charge in [0.2, 0.25) is 0 Å². The molecule has 0 saturated carbocycles. The molecule has 7 nitrogen and oxygen atoms in total. The summed E-state index contributed by atoms with van der Waals surface area (Å²) in [5.41, 5.74) is 1.45. The van der Waals surface area contributed by atoms with Gasteiger partial charge >= 0.3 is 5.97 Å². The molecule has 8 heteroatoms. The van der Waals surface area contributed by atoms with Crippen LogP contribution in [0.4, 0.5) is 5.13 Å². The minimum Gasteiger partial charge on any atom is -0.462 e. The Morgan fingerprint density at radius 1 is 1.43 bits per heavy atom. The highest BCUT2D eigenvalue weighted by Crippen LogP contribution is 2.26. The molecule has 0 saturated heterocycles. The van der Waals surface area contributed by atoms with Gasteiger partial charge in [0, 0.05) is 6.20 Å². The number of hydrogen-bond acceptors (Lipinski definition) is 7. The molecule has 1 N–H and O–H groups in total. The number of thiazole rings is 1. The lowest BCUT2D eigenvalue weighted by atomic mass is 10.3. The first-order valence-electron chi connectivity index (χ1n) is 7.31. The molecule has 3 aromatic rings. The summed E-state index contributed by atoms with van der Waals surface area (Å²) in [5, 5.41) is 12.3. The van der Waals surface area contributed by atoms with E-state index in [1.54, 1.807) is 13.8 Å². The van der Waals surface area contributed by atoms with Crippen molar-refractivity contribution in [1.29, 1.82) is 0 Å². The number of aromatic nitrogens is 4. The molecule has 23 heavy (non-hydrogen) atoms. The second-order valence-electron chi connectivity index (χ2n) is 5.01. The monoisotopic (exact) mass is 331 g/mol. The standard InChI is InChI=1S/C15H17N5O2S/c1-4-22-14(21)12-9(2)16-15(23-12)17-10(3)13-19-18-11-7-5-6-8-20(11)13/h5-8,10H,4H2,1-3H3,(H,16,17)/t10-/m1/s1. The van der Waals surface area contributed by atoms with Gasteiger partial charge < -0.3 is 10.1 Å². The number of aryl methyl sites for hydroxylation is 1. The number of pyridine rings is 1. The van der Waals surface area contributed by atoms with E-state index < -0.39 is 0 Å². The van der Waals surface area contributed by atoms with Crippen molar-refractivity contribution < 1.29 is 9.53 Å².